The molecule has 1 aromatic carbocycles. The molecule has 0 amide bonds. The Morgan fingerprint density at radius 2 is 1.84 bits per heavy atom. The van der Waals surface area contributed by atoms with E-state index in [0.29, 0.717) is 10.0 Å². The average molecular weight is 333 g/mol. The first-order valence-corrected chi connectivity index (χ1v) is 6.57. The van der Waals surface area contributed by atoms with Crippen molar-refractivity contribution in [3.63, 3.8) is 0 Å². The van der Waals surface area contributed by atoms with E-state index in [1.54, 1.807) is 6.92 Å². The Morgan fingerprint density at radius 1 is 1.21 bits per heavy atom. The molecule has 6 heteroatoms. The molecule has 0 aliphatic rings. The van der Waals surface area contributed by atoms with E-state index in [0.717, 1.165) is 0 Å². The van der Waals surface area contributed by atoms with E-state index in [1.165, 1.54) is 18.2 Å². The Hall–Kier alpha value is -1.43. The van der Waals surface area contributed by atoms with E-state index in [2.05, 4.69) is 20.7 Å². The predicted octanol–water partition coefficient (Wildman–Crippen LogP) is 2.97. The van der Waals surface area contributed by atoms with Gasteiger partial charge in [-0.2, -0.15) is 0 Å². The molecule has 0 atom stereocenters. The summed E-state index contributed by atoms with van der Waals surface area (Å²) < 4.78 is 23.3. The summed E-state index contributed by atoms with van der Waals surface area (Å²) in [5.41, 5.74) is 0.532. The molecule has 0 bridgehead atoms. The molecule has 1 aromatic rings. The smallest absolute Gasteiger partial charge is 0.306 e. The quantitative estimate of drug-likeness (QED) is 0.751. The molecule has 19 heavy (non-hydrogen) atoms. The predicted molar refractivity (Wildman–Crippen MR) is 69.8 cm³/mol. The number of carbonyl (C=O) groups excluding carboxylic acids is 2. The summed E-state index contributed by atoms with van der Waals surface area (Å²) in [5.74, 6) is -1.36. The monoisotopic (exact) mass is 332 g/mol. The Labute approximate surface area is 119 Å². The number of ether oxygens (including phenoxy) is 2. The first-order valence-electron chi connectivity index (χ1n) is 5.78. The van der Waals surface area contributed by atoms with Gasteiger partial charge >= 0.3 is 11.9 Å². The Balaban J connectivity index is 2.38. The fourth-order valence-corrected chi connectivity index (χ4v) is 1.68. The maximum Gasteiger partial charge on any atom is 0.306 e. The van der Waals surface area contributed by atoms with Crippen molar-refractivity contribution in [2.45, 2.75) is 26.4 Å². The molecule has 0 unspecified atom stereocenters. The molecule has 0 N–H and O–H groups in total. The molecule has 4 nitrogen and oxygen atoms in total. The van der Waals surface area contributed by atoms with Gasteiger partial charge in [-0.1, -0.05) is 15.9 Å². The van der Waals surface area contributed by atoms with Crippen molar-refractivity contribution in [3.05, 3.63) is 34.1 Å². The van der Waals surface area contributed by atoms with E-state index in [9.17, 15) is 14.0 Å². The van der Waals surface area contributed by atoms with Crippen molar-refractivity contribution >= 4 is 27.9 Å². The molecular weight excluding hydrogens is 319 g/mol. The molecule has 0 radical (unpaired) electrons. The molecule has 0 spiro atoms. The van der Waals surface area contributed by atoms with E-state index in [1.807, 2.05) is 0 Å². The number of hydrogen-bond acceptors (Lipinski definition) is 4. The highest BCUT2D eigenvalue weighted by atomic mass is 79.9. The molecule has 1 rings (SSSR count). The standard InChI is InChI=1S/C13H14BrFO4/c1-2-18-12(16)5-6-13(17)19-8-9-7-10(15)3-4-11(9)14/h3-4,7H,2,5-6,8H2,1H3. The lowest BCUT2D eigenvalue weighted by Gasteiger charge is -2.07. The Morgan fingerprint density at radius 3 is 2.47 bits per heavy atom. The molecule has 0 fully saturated rings. The average Bonchev–Trinajstić information content (AvgIpc) is 2.38. The van der Waals surface area contributed by atoms with Crippen molar-refractivity contribution < 1.29 is 23.5 Å². The molecular formula is C13H14BrFO4. The van der Waals surface area contributed by atoms with E-state index in [-0.39, 0.29) is 26.1 Å². The lowest BCUT2D eigenvalue weighted by molar-refractivity contribution is -0.150. The number of halogens is 2. The van der Waals surface area contributed by atoms with Crippen LogP contribution in [0.15, 0.2) is 22.7 Å². The largest absolute Gasteiger partial charge is 0.466 e. The van der Waals surface area contributed by atoms with Crippen LogP contribution < -0.4 is 0 Å². The SMILES string of the molecule is CCOC(=O)CCC(=O)OCc1cc(F)ccc1Br. The van der Waals surface area contributed by atoms with Crippen LogP contribution >= 0.6 is 15.9 Å². The van der Waals surface area contributed by atoms with E-state index < -0.39 is 17.8 Å². The summed E-state index contributed by atoms with van der Waals surface area (Å²) in [4.78, 5) is 22.4. The second-order valence-corrected chi connectivity index (χ2v) is 4.56. The van der Waals surface area contributed by atoms with Crippen LogP contribution in [0.25, 0.3) is 0 Å². The summed E-state index contributed by atoms with van der Waals surface area (Å²) in [6.45, 7) is 1.93. The molecule has 0 aromatic heterocycles. The Bertz CT molecular complexity index is 462. The zero-order valence-corrected chi connectivity index (χ0v) is 12.0. The molecule has 104 valence electrons. The lowest BCUT2D eigenvalue weighted by Crippen LogP contribution is -2.10. The minimum atomic E-state index is -0.524. The first kappa shape index (κ1) is 15.6. The van der Waals surface area contributed by atoms with Gasteiger partial charge in [-0.15, -0.1) is 0 Å². The van der Waals surface area contributed by atoms with Crippen molar-refractivity contribution in [3.8, 4) is 0 Å². The maximum absolute atomic E-state index is 13.0. The third-order valence-electron chi connectivity index (χ3n) is 2.23. The summed E-state index contributed by atoms with van der Waals surface area (Å²) in [6, 6.07) is 4.12. The van der Waals surface area contributed by atoms with Crippen LogP contribution in [-0.2, 0) is 25.7 Å². The van der Waals surface area contributed by atoms with Gasteiger partial charge in [0.05, 0.1) is 19.4 Å². The van der Waals surface area contributed by atoms with Gasteiger partial charge in [-0.25, -0.2) is 4.39 Å². The number of carbonyl (C=O) groups is 2. The van der Waals surface area contributed by atoms with E-state index in [4.69, 9.17) is 4.74 Å². The second kappa shape index (κ2) is 7.89. The third kappa shape index (κ3) is 5.83. The minimum Gasteiger partial charge on any atom is -0.466 e. The fourth-order valence-electron chi connectivity index (χ4n) is 1.32. The number of esters is 2. The zero-order chi connectivity index (χ0) is 14.3. The molecule has 0 saturated heterocycles. The molecule has 0 heterocycles. The minimum absolute atomic E-state index is 0.0169. The van der Waals surface area contributed by atoms with Crippen molar-refractivity contribution in [2.24, 2.45) is 0 Å². The number of rotatable bonds is 6. The fraction of sp³-hybridized carbons (Fsp3) is 0.385. The topological polar surface area (TPSA) is 52.6 Å². The lowest BCUT2D eigenvalue weighted by atomic mass is 10.2. The van der Waals surface area contributed by atoms with Crippen LogP contribution in [-0.4, -0.2) is 18.5 Å². The van der Waals surface area contributed by atoms with Gasteiger partial charge in [0.2, 0.25) is 0 Å². The molecule has 0 saturated carbocycles. The van der Waals surface area contributed by atoms with E-state index >= 15 is 0 Å². The van der Waals surface area contributed by atoms with Crippen molar-refractivity contribution in [1.82, 2.24) is 0 Å². The second-order valence-electron chi connectivity index (χ2n) is 3.70. The van der Waals surface area contributed by atoms with Crippen molar-refractivity contribution in [1.29, 1.82) is 0 Å². The highest BCUT2D eigenvalue weighted by Crippen LogP contribution is 2.18. The van der Waals surface area contributed by atoms with Crippen LogP contribution in [0.3, 0.4) is 0 Å². The maximum atomic E-state index is 13.0. The summed E-state index contributed by atoms with van der Waals surface area (Å²) >= 11 is 3.23. The Kier molecular flexibility index (Phi) is 6.49. The van der Waals surface area contributed by atoms with Gasteiger partial charge in [0, 0.05) is 10.0 Å². The number of benzene rings is 1. The van der Waals surface area contributed by atoms with Gasteiger partial charge < -0.3 is 9.47 Å². The van der Waals surface area contributed by atoms with Gasteiger partial charge in [0.25, 0.3) is 0 Å². The third-order valence-corrected chi connectivity index (χ3v) is 3.01. The summed E-state index contributed by atoms with van der Waals surface area (Å²) in [5, 5.41) is 0. The summed E-state index contributed by atoms with van der Waals surface area (Å²) in [6.07, 6.45) is -0.0667. The highest BCUT2D eigenvalue weighted by molar-refractivity contribution is 9.10. The normalized spacial score (nSPS) is 10.1. The summed E-state index contributed by atoms with van der Waals surface area (Å²) in [7, 11) is 0. The van der Waals surface area contributed by atoms with Crippen LogP contribution in [0.1, 0.15) is 25.3 Å². The van der Waals surface area contributed by atoms with Gasteiger partial charge in [0.1, 0.15) is 12.4 Å². The molecule has 0 aliphatic carbocycles. The first-order chi connectivity index (χ1) is 9.02. The van der Waals surface area contributed by atoms with Crippen LogP contribution in [0.4, 0.5) is 4.39 Å². The highest BCUT2D eigenvalue weighted by Gasteiger charge is 2.10. The van der Waals surface area contributed by atoms with Crippen molar-refractivity contribution in [2.75, 3.05) is 6.61 Å². The van der Waals surface area contributed by atoms with Gasteiger partial charge in [-0.3, -0.25) is 9.59 Å². The zero-order valence-electron chi connectivity index (χ0n) is 10.4. The van der Waals surface area contributed by atoms with Crippen LogP contribution in [0.2, 0.25) is 0 Å². The van der Waals surface area contributed by atoms with Crippen LogP contribution in [0, 0.1) is 5.82 Å². The molecule has 0 aliphatic heterocycles. The van der Waals surface area contributed by atoms with Gasteiger partial charge in [-0.05, 0) is 25.1 Å². The van der Waals surface area contributed by atoms with Gasteiger partial charge in [0.15, 0.2) is 0 Å². The van der Waals surface area contributed by atoms with Crippen LogP contribution in [0.5, 0.6) is 0 Å². The number of hydrogen-bond donors (Lipinski definition) is 0.